The highest BCUT2D eigenvalue weighted by Gasteiger charge is 2.27. The van der Waals surface area contributed by atoms with Gasteiger partial charge in [-0.2, -0.15) is 18.4 Å². The lowest BCUT2D eigenvalue weighted by Gasteiger charge is -2.08. The van der Waals surface area contributed by atoms with Gasteiger partial charge in [0.15, 0.2) is 0 Å². The minimum atomic E-state index is -4.40. The highest BCUT2D eigenvalue weighted by molar-refractivity contribution is 5.69. The fraction of sp³-hybridized carbons (Fsp3) is 0.385. The molecule has 0 atom stereocenters. The lowest BCUT2D eigenvalue weighted by molar-refractivity contribution is -0.176. The first kappa shape index (κ1) is 16.0. The van der Waals surface area contributed by atoms with Crippen LogP contribution in [0, 0.1) is 11.3 Å². The van der Waals surface area contributed by atoms with E-state index < -0.39 is 18.8 Å². The molecule has 1 aromatic rings. The Hall–Kier alpha value is -2.07. The molecule has 0 unspecified atom stereocenters. The second kappa shape index (κ2) is 7.50. The first-order valence-corrected chi connectivity index (χ1v) is 5.70. The average Bonchev–Trinajstić information content (AvgIpc) is 2.41. The minimum absolute atomic E-state index is 0.00378. The Morgan fingerprint density at radius 1 is 1.25 bits per heavy atom. The zero-order chi connectivity index (χ0) is 15.0. The summed E-state index contributed by atoms with van der Waals surface area (Å²) in [5.74, 6) is -0.642. The Morgan fingerprint density at radius 2 is 1.90 bits per heavy atom. The van der Waals surface area contributed by atoms with Crippen LogP contribution >= 0.6 is 0 Å². The molecule has 0 heterocycles. The van der Waals surface area contributed by atoms with Crippen LogP contribution in [-0.4, -0.2) is 25.4 Å². The van der Waals surface area contributed by atoms with Crippen LogP contribution in [0.5, 0.6) is 0 Å². The number of carbonyl (C=O) groups excluding carboxylic acids is 1. The third-order valence-electron chi connectivity index (χ3n) is 2.20. The van der Waals surface area contributed by atoms with E-state index in [-0.39, 0.29) is 19.6 Å². The molecule has 0 N–H and O–H groups in total. The van der Waals surface area contributed by atoms with E-state index in [9.17, 15) is 18.0 Å². The van der Waals surface area contributed by atoms with Crippen molar-refractivity contribution < 1.29 is 27.4 Å². The lowest BCUT2D eigenvalue weighted by Crippen LogP contribution is -2.18. The second-order valence-corrected chi connectivity index (χ2v) is 3.89. The van der Waals surface area contributed by atoms with Crippen LogP contribution in [0.25, 0.3) is 0 Å². The van der Waals surface area contributed by atoms with E-state index in [1.54, 1.807) is 24.3 Å². The number of ether oxygens (including phenoxy) is 2. The fourth-order valence-corrected chi connectivity index (χ4v) is 1.25. The van der Waals surface area contributed by atoms with Crippen LogP contribution in [0.4, 0.5) is 13.2 Å². The zero-order valence-corrected chi connectivity index (χ0v) is 10.4. The van der Waals surface area contributed by atoms with Crippen LogP contribution in [0.15, 0.2) is 24.3 Å². The van der Waals surface area contributed by atoms with Crippen molar-refractivity contribution in [3.05, 3.63) is 35.4 Å². The van der Waals surface area contributed by atoms with Crippen molar-refractivity contribution in [3.63, 3.8) is 0 Å². The van der Waals surface area contributed by atoms with Gasteiger partial charge in [-0.05, 0) is 17.7 Å². The van der Waals surface area contributed by atoms with Gasteiger partial charge >= 0.3 is 12.1 Å². The molecule has 0 aromatic heterocycles. The Balaban J connectivity index is 2.21. The average molecular weight is 287 g/mol. The number of benzene rings is 1. The molecule has 108 valence electrons. The third kappa shape index (κ3) is 6.75. The number of esters is 1. The van der Waals surface area contributed by atoms with E-state index in [1.807, 2.05) is 6.07 Å². The van der Waals surface area contributed by atoms with Crippen LogP contribution in [0.2, 0.25) is 0 Å². The minimum Gasteiger partial charge on any atom is -0.461 e. The maximum Gasteiger partial charge on any atom is 0.411 e. The first-order valence-electron chi connectivity index (χ1n) is 5.70. The molecular formula is C13H12F3NO3. The van der Waals surface area contributed by atoms with Crippen LogP contribution in [0.3, 0.4) is 0 Å². The van der Waals surface area contributed by atoms with Gasteiger partial charge < -0.3 is 9.47 Å². The third-order valence-corrected chi connectivity index (χ3v) is 2.20. The normalized spacial score (nSPS) is 10.9. The van der Waals surface area contributed by atoms with Gasteiger partial charge in [-0.1, -0.05) is 12.1 Å². The summed E-state index contributed by atoms with van der Waals surface area (Å²) >= 11 is 0. The number of alkyl halides is 3. The summed E-state index contributed by atoms with van der Waals surface area (Å²) in [5.41, 5.74) is 1.18. The number of nitriles is 1. The molecule has 0 saturated carbocycles. The molecule has 7 heteroatoms. The Bertz CT molecular complexity index is 477. The number of hydrogen-bond donors (Lipinski definition) is 0. The van der Waals surface area contributed by atoms with Crippen molar-refractivity contribution in [2.45, 2.75) is 19.2 Å². The van der Waals surface area contributed by atoms with E-state index in [0.29, 0.717) is 11.1 Å². The zero-order valence-electron chi connectivity index (χ0n) is 10.4. The maximum absolute atomic E-state index is 11.7. The summed E-state index contributed by atoms with van der Waals surface area (Å²) in [4.78, 5) is 11.2. The molecule has 0 amide bonds. The van der Waals surface area contributed by atoms with Crippen LogP contribution in [0.1, 0.15) is 17.5 Å². The second-order valence-electron chi connectivity index (χ2n) is 3.89. The molecule has 20 heavy (non-hydrogen) atoms. The Kier molecular flexibility index (Phi) is 6.00. The molecule has 0 aliphatic rings. The van der Waals surface area contributed by atoms with Crippen LogP contribution in [-0.2, 0) is 20.9 Å². The van der Waals surface area contributed by atoms with Gasteiger partial charge in [-0.25, -0.2) is 0 Å². The van der Waals surface area contributed by atoms with E-state index in [1.165, 1.54) is 0 Å². The predicted molar refractivity (Wildman–Crippen MR) is 62.4 cm³/mol. The standard InChI is InChI=1S/C13H12F3NO3/c14-13(15,16)9-19-6-5-12(18)20-8-11-3-1-10(7-17)2-4-11/h1-4H,5-6,8-9H2. The molecule has 0 bridgehead atoms. The van der Waals surface area contributed by atoms with Gasteiger partial charge in [-0.3, -0.25) is 4.79 Å². The highest BCUT2D eigenvalue weighted by atomic mass is 19.4. The van der Waals surface area contributed by atoms with Crippen molar-refractivity contribution >= 4 is 5.97 Å². The van der Waals surface area contributed by atoms with Gasteiger partial charge in [0.2, 0.25) is 0 Å². The molecule has 0 radical (unpaired) electrons. The topological polar surface area (TPSA) is 59.3 Å². The van der Waals surface area contributed by atoms with Gasteiger partial charge in [-0.15, -0.1) is 0 Å². The summed E-state index contributed by atoms with van der Waals surface area (Å²) in [6.07, 6.45) is -4.64. The monoisotopic (exact) mass is 287 g/mol. The summed E-state index contributed by atoms with van der Waals surface area (Å²) in [5, 5.41) is 8.59. The molecule has 1 aromatic carbocycles. The molecule has 4 nitrogen and oxygen atoms in total. The van der Waals surface area contributed by atoms with Crippen LogP contribution < -0.4 is 0 Å². The number of nitrogens with zero attached hydrogens (tertiary/aromatic N) is 1. The van der Waals surface area contributed by atoms with Crippen molar-refractivity contribution in [2.24, 2.45) is 0 Å². The van der Waals surface area contributed by atoms with Gasteiger partial charge in [0.05, 0.1) is 24.7 Å². The van der Waals surface area contributed by atoms with Gasteiger partial charge in [0.25, 0.3) is 0 Å². The van der Waals surface area contributed by atoms with Crippen molar-refractivity contribution in [1.82, 2.24) is 0 Å². The summed E-state index contributed by atoms with van der Waals surface area (Å²) < 4.78 is 44.4. The number of carbonyl (C=O) groups is 1. The molecule has 0 spiro atoms. The maximum atomic E-state index is 11.7. The molecular weight excluding hydrogens is 275 g/mol. The Labute approximate surface area is 113 Å². The van der Waals surface area contributed by atoms with E-state index in [4.69, 9.17) is 10.00 Å². The first-order chi connectivity index (χ1) is 9.40. The van der Waals surface area contributed by atoms with E-state index >= 15 is 0 Å². The molecule has 0 aliphatic carbocycles. The van der Waals surface area contributed by atoms with Crippen molar-refractivity contribution in [2.75, 3.05) is 13.2 Å². The summed E-state index contributed by atoms with van der Waals surface area (Å²) in [6.45, 7) is -1.72. The number of hydrogen-bond acceptors (Lipinski definition) is 4. The largest absolute Gasteiger partial charge is 0.461 e. The fourth-order valence-electron chi connectivity index (χ4n) is 1.25. The SMILES string of the molecule is N#Cc1ccc(COC(=O)CCOCC(F)(F)F)cc1. The quantitative estimate of drug-likeness (QED) is 0.596. The Morgan fingerprint density at radius 3 is 2.45 bits per heavy atom. The number of rotatable bonds is 6. The molecule has 1 rings (SSSR count). The van der Waals surface area contributed by atoms with E-state index in [2.05, 4.69) is 4.74 Å². The molecule has 0 saturated heterocycles. The molecule has 0 fully saturated rings. The summed E-state index contributed by atoms with van der Waals surface area (Å²) in [6, 6.07) is 8.37. The van der Waals surface area contributed by atoms with Gasteiger partial charge in [0.1, 0.15) is 13.2 Å². The highest BCUT2D eigenvalue weighted by Crippen LogP contribution is 2.14. The van der Waals surface area contributed by atoms with Gasteiger partial charge in [0, 0.05) is 0 Å². The predicted octanol–water partition coefficient (Wildman–Crippen LogP) is 2.57. The van der Waals surface area contributed by atoms with Crippen molar-refractivity contribution in [3.8, 4) is 6.07 Å². The molecule has 0 aliphatic heterocycles. The van der Waals surface area contributed by atoms with Crippen molar-refractivity contribution in [1.29, 1.82) is 5.26 Å². The number of halogens is 3. The lowest BCUT2D eigenvalue weighted by atomic mass is 10.2. The smallest absolute Gasteiger partial charge is 0.411 e. The summed E-state index contributed by atoms with van der Waals surface area (Å²) in [7, 11) is 0. The van der Waals surface area contributed by atoms with E-state index in [0.717, 1.165) is 0 Å².